The largest absolute Gasteiger partial charge is 0.387 e. The van der Waals surface area contributed by atoms with Gasteiger partial charge in [-0.25, -0.2) is 0 Å². The number of amides is 1. The average Bonchev–Trinajstić information content (AvgIpc) is 2.49. The summed E-state index contributed by atoms with van der Waals surface area (Å²) in [4.78, 5) is 13.1. The molecule has 0 radical (unpaired) electrons. The zero-order chi connectivity index (χ0) is 15.2. The summed E-state index contributed by atoms with van der Waals surface area (Å²) in [6, 6.07) is 9.09. The lowest BCUT2D eigenvalue weighted by Gasteiger charge is -2.32. The summed E-state index contributed by atoms with van der Waals surface area (Å²) in [5.41, 5.74) is 6.65. The van der Waals surface area contributed by atoms with E-state index in [1.165, 1.54) is 0 Å². The first kappa shape index (κ1) is 15.5. The first-order valence-corrected chi connectivity index (χ1v) is 7.27. The van der Waals surface area contributed by atoms with Crippen LogP contribution in [0.3, 0.4) is 0 Å². The molecule has 0 aromatic heterocycles. The summed E-state index contributed by atoms with van der Waals surface area (Å²) in [7, 11) is 0. The third kappa shape index (κ3) is 4.55. The van der Waals surface area contributed by atoms with Gasteiger partial charge in [0.2, 0.25) is 5.91 Å². The number of aliphatic hydroxyl groups is 1. The van der Waals surface area contributed by atoms with Gasteiger partial charge in [0.05, 0.1) is 17.7 Å². The fourth-order valence-electron chi connectivity index (χ4n) is 2.79. The van der Waals surface area contributed by atoms with Crippen LogP contribution < -0.4 is 5.73 Å². The normalized spacial score (nSPS) is 18.1. The maximum Gasteiger partial charge on any atom is 0.217 e. The summed E-state index contributed by atoms with van der Waals surface area (Å²) in [5.74, 6) is 0.150. The number of likely N-dealkylation sites (tertiary alicyclic amines) is 1. The van der Waals surface area contributed by atoms with Crippen molar-refractivity contribution in [2.24, 2.45) is 11.7 Å². The van der Waals surface area contributed by atoms with Crippen LogP contribution >= 0.6 is 0 Å². The monoisotopic (exact) mass is 287 g/mol. The lowest BCUT2D eigenvalue weighted by Crippen LogP contribution is -2.37. The van der Waals surface area contributed by atoms with Gasteiger partial charge in [-0.05, 0) is 49.5 Å². The molecule has 1 aromatic carbocycles. The van der Waals surface area contributed by atoms with E-state index in [9.17, 15) is 9.90 Å². The minimum absolute atomic E-state index is 0.230. The van der Waals surface area contributed by atoms with Crippen molar-refractivity contribution < 1.29 is 9.90 Å². The Morgan fingerprint density at radius 3 is 2.52 bits per heavy atom. The van der Waals surface area contributed by atoms with Crippen molar-refractivity contribution >= 4 is 5.91 Å². The molecule has 1 aliphatic rings. The van der Waals surface area contributed by atoms with Gasteiger partial charge in [0.25, 0.3) is 0 Å². The van der Waals surface area contributed by atoms with Crippen LogP contribution in [0, 0.1) is 17.2 Å². The molecular weight excluding hydrogens is 266 g/mol. The van der Waals surface area contributed by atoms with Crippen LogP contribution in [0.5, 0.6) is 0 Å². The van der Waals surface area contributed by atoms with Crippen molar-refractivity contribution in [1.29, 1.82) is 5.26 Å². The second kappa shape index (κ2) is 7.21. The van der Waals surface area contributed by atoms with Gasteiger partial charge in [-0.1, -0.05) is 12.1 Å². The Bertz CT molecular complexity index is 513. The molecular formula is C16H21N3O2. The lowest BCUT2D eigenvalue weighted by atomic mass is 9.93. The Balaban J connectivity index is 1.82. The molecule has 21 heavy (non-hydrogen) atoms. The first-order chi connectivity index (χ1) is 10.1. The van der Waals surface area contributed by atoms with E-state index in [1.54, 1.807) is 24.3 Å². The standard InChI is InChI=1S/C16H21N3O2/c17-10-13-1-3-14(4-2-13)15(20)11-19-7-5-12(6-8-19)9-16(18)21/h1-4,12,15,20H,5-9,11H2,(H2,18,21). The van der Waals surface area contributed by atoms with Crippen molar-refractivity contribution in [3.63, 3.8) is 0 Å². The number of nitrogens with two attached hydrogens (primary N) is 1. The zero-order valence-electron chi connectivity index (χ0n) is 12.0. The molecule has 1 fully saturated rings. The molecule has 0 saturated carbocycles. The highest BCUT2D eigenvalue weighted by atomic mass is 16.3. The Hall–Kier alpha value is -1.90. The van der Waals surface area contributed by atoms with Gasteiger partial charge in [0.1, 0.15) is 0 Å². The predicted octanol–water partition coefficient (Wildman–Crippen LogP) is 1.18. The van der Waals surface area contributed by atoms with Gasteiger partial charge < -0.3 is 15.7 Å². The number of carbonyl (C=O) groups excluding carboxylic acids is 1. The highest BCUT2D eigenvalue weighted by Gasteiger charge is 2.22. The molecule has 1 unspecified atom stereocenters. The average molecular weight is 287 g/mol. The van der Waals surface area contributed by atoms with Crippen LogP contribution in [0.2, 0.25) is 0 Å². The number of aliphatic hydroxyl groups excluding tert-OH is 1. The Morgan fingerprint density at radius 2 is 2.00 bits per heavy atom. The summed E-state index contributed by atoms with van der Waals surface area (Å²) >= 11 is 0. The van der Waals surface area contributed by atoms with E-state index in [0.29, 0.717) is 24.4 Å². The van der Waals surface area contributed by atoms with Crippen molar-refractivity contribution in [2.45, 2.75) is 25.4 Å². The molecule has 1 heterocycles. The van der Waals surface area contributed by atoms with Crippen molar-refractivity contribution in [2.75, 3.05) is 19.6 Å². The van der Waals surface area contributed by atoms with E-state index in [-0.39, 0.29) is 5.91 Å². The second-order valence-corrected chi connectivity index (χ2v) is 5.66. The molecule has 3 N–H and O–H groups in total. The fraction of sp³-hybridized carbons (Fsp3) is 0.500. The van der Waals surface area contributed by atoms with Crippen molar-refractivity contribution in [3.05, 3.63) is 35.4 Å². The van der Waals surface area contributed by atoms with Gasteiger partial charge in [0.15, 0.2) is 0 Å². The molecule has 0 spiro atoms. The minimum atomic E-state index is -0.551. The number of carbonyl (C=O) groups is 1. The first-order valence-electron chi connectivity index (χ1n) is 7.27. The van der Waals surface area contributed by atoms with Crippen LogP contribution in [0.15, 0.2) is 24.3 Å². The maximum atomic E-state index is 10.9. The molecule has 1 saturated heterocycles. The Labute approximate surface area is 125 Å². The highest BCUT2D eigenvalue weighted by Crippen LogP contribution is 2.22. The molecule has 1 aliphatic heterocycles. The molecule has 0 aliphatic carbocycles. The summed E-state index contributed by atoms with van der Waals surface area (Å²) < 4.78 is 0. The van der Waals surface area contributed by atoms with Gasteiger partial charge in [-0.3, -0.25) is 4.79 Å². The van der Waals surface area contributed by atoms with Gasteiger partial charge in [-0.15, -0.1) is 0 Å². The third-order valence-electron chi connectivity index (χ3n) is 4.05. The molecule has 1 amide bonds. The molecule has 2 rings (SSSR count). The number of benzene rings is 1. The van der Waals surface area contributed by atoms with Gasteiger partial charge in [0, 0.05) is 13.0 Å². The molecule has 0 bridgehead atoms. The molecule has 5 heteroatoms. The molecule has 1 atom stereocenters. The number of rotatable bonds is 5. The van der Waals surface area contributed by atoms with E-state index < -0.39 is 6.10 Å². The van der Waals surface area contributed by atoms with E-state index in [4.69, 9.17) is 11.0 Å². The number of hydrogen-bond acceptors (Lipinski definition) is 4. The van der Waals surface area contributed by atoms with Gasteiger partial charge >= 0.3 is 0 Å². The van der Waals surface area contributed by atoms with Crippen LogP contribution in [0.1, 0.15) is 36.5 Å². The second-order valence-electron chi connectivity index (χ2n) is 5.66. The summed E-state index contributed by atoms with van der Waals surface area (Å²) in [5, 5.41) is 19.0. The van der Waals surface area contributed by atoms with E-state index in [1.807, 2.05) is 0 Å². The lowest BCUT2D eigenvalue weighted by molar-refractivity contribution is -0.119. The third-order valence-corrected chi connectivity index (χ3v) is 4.05. The summed E-state index contributed by atoms with van der Waals surface area (Å²) in [6.07, 6.45) is 1.81. The number of nitriles is 1. The maximum absolute atomic E-state index is 10.9. The molecule has 112 valence electrons. The van der Waals surface area contributed by atoms with Crippen molar-refractivity contribution in [1.82, 2.24) is 4.90 Å². The SMILES string of the molecule is N#Cc1ccc(C(O)CN2CCC(CC(N)=O)CC2)cc1. The smallest absolute Gasteiger partial charge is 0.217 e. The number of hydrogen-bond donors (Lipinski definition) is 2. The van der Waals surface area contributed by atoms with E-state index in [2.05, 4.69) is 11.0 Å². The van der Waals surface area contributed by atoms with Gasteiger partial charge in [-0.2, -0.15) is 5.26 Å². The predicted molar refractivity (Wildman–Crippen MR) is 79.1 cm³/mol. The number of primary amides is 1. The van der Waals surface area contributed by atoms with E-state index >= 15 is 0 Å². The number of β-amino-alcohol motifs (C(OH)–C–C–N with tert-alkyl or cyclic N) is 1. The minimum Gasteiger partial charge on any atom is -0.387 e. The number of piperidine rings is 1. The Kier molecular flexibility index (Phi) is 5.32. The highest BCUT2D eigenvalue weighted by molar-refractivity contribution is 5.73. The quantitative estimate of drug-likeness (QED) is 0.851. The summed E-state index contributed by atoms with van der Waals surface area (Å²) in [6.45, 7) is 2.34. The van der Waals surface area contributed by atoms with Crippen LogP contribution in [-0.2, 0) is 4.79 Å². The topological polar surface area (TPSA) is 90.3 Å². The number of nitrogens with zero attached hydrogens (tertiary/aromatic N) is 2. The van der Waals surface area contributed by atoms with Crippen LogP contribution in [0.25, 0.3) is 0 Å². The Morgan fingerprint density at radius 1 is 1.38 bits per heavy atom. The van der Waals surface area contributed by atoms with E-state index in [0.717, 1.165) is 31.5 Å². The fourth-order valence-corrected chi connectivity index (χ4v) is 2.79. The zero-order valence-corrected chi connectivity index (χ0v) is 12.0. The van der Waals surface area contributed by atoms with Crippen LogP contribution in [-0.4, -0.2) is 35.5 Å². The molecule has 1 aromatic rings. The molecule has 5 nitrogen and oxygen atoms in total. The van der Waals surface area contributed by atoms with Crippen molar-refractivity contribution in [3.8, 4) is 6.07 Å². The van der Waals surface area contributed by atoms with Crippen LogP contribution in [0.4, 0.5) is 0 Å².